The molecule has 10 heteroatoms. The minimum Gasteiger partial charge on any atom is -0.379 e. The van der Waals surface area contributed by atoms with Crippen molar-refractivity contribution in [2.75, 3.05) is 38.2 Å². The largest absolute Gasteiger partial charge is 0.417 e. The molecule has 192 valence electrons. The zero-order valence-corrected chi connectivity index (χ0v) is 19.8. The van der Waals surface area contributed by atoms with Gasteiger partial charge in [-0.2, -0.15) is 13.2 Å². The number of carbonyl (C=O) groups excluding carboxylic acids is 1. The zero-order chi connectivity index (χ0) is 26.0. The summed E-state index contributed by atoms with van der Waals surface area (Å²) in [6.07, 6.45) is -0.963. The number of alkyl halides is 3. The van der Waals surface area contributed by atoms with E-state index >= 15 is 0 Å². The summed E-state index contributed by atoms with van der Waals surface area (Å²) in [4.78, 5) is 19.8. The Kier molecular flexibility index (Phi) is 6.94. The van der Waals surface area contributed by atoms with Crippen LogP contribution in [0.15, 0.2) is 67.0 Å². The van der Waals surface area contributed by atoms with Crippen LogP contribution in [0.1, 0.15) is 21.5 Å². The van der Waals surface area contributed by atoms with Gasteiger partial charge in [-0.1, -0.05) is 12.1 Å². The lowest BCUT2D eigenvalue weighted by molar-refractivity contribution is -0.137. The molecule has 1 amide bonds. The predicted octanol–water partition coefficient (Wildman–Crippen LogP) is 5.29. The molecule has 0 aliphatic carbocycles. The summed E-state index contributed by atoms with van der Waals surface area (Å²) in [5.74, 6) is -1.43. The second-order valence-electron chi connectivity index (χ2n) is 8.83. The number of imidazole rings is 1. The van der Waals surface area contributed by atoms with Crippen molar-refractivity contribution in [1.82, 2.24) is 14.3 Å². The normalized spacial score (nSPS) is 14.7. The molecule has 1 N–H and O–H groups in total. The number of benzene rings is 2. The van der Waals surface area contributed by atoms with Crippen LogP contribution >= 0.6 is 0 Å². The van der Waals surface area contributed by atoms with Gasteiger partial charge >= 0.3 is 6.18 Å². The van der Waals surface area contributed by atoms with Crippen molar-refractivity contribution in [3.63, 3.8) is 0 Å². The maximum absolute atomic E-state index is 13.6. The molecule has 2 aromatic heterocycles. The first-order chi connectivity index (χ1) is 17.8. The standard InChI is InChI=1S/C27H24F4N4O2/c28-19-6-7-21(23(16-19)27(29,30)31)24-17-35-9-2-5-22(25(35)33-24)26(36)32-20-4-1-3-18(15-20)8-10-34-11-13-37-14-12-34/h1-7,9,15-17H,8,10-14H2,(H,32,36). The Bertz CT molecular complexity index is 1430. The quantitative estimate of drug-likeness (QED) is 0.357. The van der Waals surface area contributed by atoms with Gasteiger partial charge in [-0.15, -0.1) is 0 Å². The molecule has 37 heavy (non-hydrogen) atoms. The predicted molar refractivity (Wildman–Crippen MR) is 131 cm³/mol. The summed E-state index contributed by atoms with van der Waals surface area (Å²) in [5, 5.41) is 2.87. The van der Waals surface area contributed by atoms with E-state index in [0.717, 1.165) is 57.0 Å². The molecule has 4 aromatic rings. The molecular formula is C27H24F4N4O2. The first-order valence-electron chi connectivity index (χ1n) is 11.8. The summed E-state index contributed by atoms with van der Waals surface area (Å²) in [6.45, 7) is 4.15. The van der Waals surface area contributed by atoms with Crippen molar-refractivity contribution in [1.29, 1.82) is 0 Å². The highest BCUT2D eigenvalue weighted by atomic mass is 19.4. The lowest BCUT2D eigenvalue weighted by atomic mass is 10.0. The van der Waals surface area contributed by atoms with E-state index in [2.05, 4.69) is 15.2 Å². The lowest BCUT2D eigenvalue weighted by Crippen LogP contribution is -2.37. The monoisotopic (exact) mass is 512 g/mol. The fourth-order valence-electron chi connectivity index (χ4n) is 4.41. The maximum Gasteiger partial charge on any atom is 0.417 e. The summed E-state index contributed by atoms with van der Waals surface area (Å²) in [7, 11) is 0. The van der Waals surface area contributed by atoms with Crippen molar-refractivity contribution in [3.05, 3.63) is 89.5 Å². The maximum atomic E-state index is 13.6. The number of ether oxygens (including phenoxy) is 1. The number of pyridine rings is 1. The van der Waals surface area contributed by atoms with Crippen molar-refractivity contribution < 1.29 is 27.1 Å². The molecule has 0 atom stereocenters. The van der Waals surface area contributed by atoms with Crippen molar-refractivity contribution in [2.45, 2.75) is 12.6 Å². The molecule has 1 aliphatic rings. The number of aromatic nitrogens is 2. The SMILES string of the molecule is O=C(Nc1cccc(CCN2CCOCC2)c1)c1cccn2cc(-c3ccc(F)cc3C(F)(F)F)nc12. The molecule has 0 saturated carbocycles. The van der Waals surface area contributed by atoms with Crippen LogP contribution in [0.5, 0.6) is 0 Å². The number of nitrogens with one attached hydrogen (secondary N) is 1. The Morgan fingerprint density at radius 3 is 2.65 bits per heavy atom. The molecular weight excluding hydrogens is 488 g/mol. The van der Waals surface area contributed by atoms with Crippen LogP contribution in [0, 0.1) is 5.82 Å². The average Bonchev–Trinajstić information content (AvgIpc) is 3.32. The van der Waals surface area contributed by atoms with Crippen LogP contribution in [-0.2, 0) is 17.3 Å². The second-order valence-corrected chi connectivity index (χ2v) is 8.83. The smallest absolute Gasteiger partial charge is 0.379 e. The first-order valence-corrected chi connectivity index (χ1v) is 11.8. The average molecular weight is 513 g/mol. The van der Waals surface area contributed by atoms with Crippen molar-refractivity contribution in [3.8, 4) is 11.3 Å². The third kappa shape index (κ3) is 5.65. The van der Waals surface area contributed by atoms with Crippen molar-refractivity contribution in [2.24, 2.45) is 0 Å². The number of hydrogen-bond donors (Lipinski definition) is 1. The van der Waals surface area contributed by atoms with Crippen LogP contribution in [-0.4, -0.2) is 53.0 Å². The van der Waals surface area contributed by atoms with E-state index < -0.39 is 23.5 Å². The van der Waals surface area contributed by atoms with Crippen LogP contribution in [0.25, 0.3) is 16.9 Å². The Morgan fingerprint density at radius 2 is 1.86 bits per heavy atom. The van der Waals surface area contributed by atoms with Crippen LogP contribution in [0.4, 0.5) is 23.2 Å². The number of morpholine rings is 1. The summed E-state index contributed by atoms with van der Waals surface area (Å²) < 4.78 is 61.0. The van der Waals surface area contributed by atoms with Gasteiger partial charge in [0.05, 0.1) is 30.0 Å². The van der Waals surface area contributed by atoms with E-state index in [0.29, 0.717) is 11.8 Å². The molecule has 1 fully saturated rings. The molecule has 3 heterocycles. The van der Waals surface area contributed by atoms with Crippen molar-refractivity contribution >= 4 is 17.2 Å². The van der Waals surface area contributed by atoms with E-state index in [1.165, 1.54) is 10.6 Å². The minimum atomic E-state index is -4.76. The zero-order valence-electron chi connectivity index (χ0n) is 19.8. The van der Waals surface area contributed by atoms with Gasteiger partial charge in [-0.25, -0.2) is 9.37 Å². The number of fused-ring (bicyclic) bond motifs is 1. The minimum absolute atomic E-state index is 0.0160. The van der Waals surface area contributed by atoms with E-state index in [4.69, 9.17) is 4.74 Å². The molecule has 0 bridgehead atoms. The van der Waals surface area contributed by atoms with Gasteiger partial charge in [-0.3, -0.25) is 9.69 Å². The number of amides is 1. The molecule has 0 unspecified atom stereocenters. The lowest BCUT2D eigenvalue weighted by Gasteiger charge is -2.26. The van der Waals surface area contributed by atoms with E-state index in [-0.39, 0.29) is 22.5 Å². The molecule has 2 aromatic carbocycles. The topological polar surface area (TPSA) is 58.9 Å². The summed E-state index contributed by atoms with van der Waals surface area (Å²) in [6, 6.07) is 13.2. The molecule has 1 saturated heterocycles. The highest BCUT2D eigenvalue weighted by molar-refractivity contribution is 6.08. The summed E-state index contributed by atoms with van der Waals surface area (Å²) in [5.41, 5.74) is 0.655. The van der Waals surface area contributed by atoms with E-state index in [1.807, 2.05) is 18.2 Å². The fourth-order valence-corrected chi connectivity index (χ4v) is 4.41. The molecule has 0 spiro atoms. The van der Waals surface area contributed by atoms with E-state index in [9.17, 15) is 22.4 Å². The van der Waals surface area contributed by atoms with Crippen LogP contribution in [0.2, 0.25) is 0 Å². The van der Waals surface area contributed by atoms with Gasteiger partial charge in [0.25, 0.3) is 5.91 Å². The third-order valence-electron chi connectivity index (χ3n) is 6.30. The molecule has 1 aliphatic heterocycles. The summed E-state index contributed by atoms with van der Waals surface area (Å²) >= 11 is 0. The number of halogens is 4. The van der Waals surface area contributed by atoms with Crippen LogP contribution < -0.4 is 5.32 Å². The van der Waals surface area contributed by atoms with Gasteiger partial charge in [0.15, 0.2) is 0 Å². The first kappa shape index (κ1) is 24.9. The Balaban J connectivity index is 1.38. The fraction of sp³-hybridized carbons (Fsp3) is 0.259. The van der Waals surface area contributed by atoms with Gasteiger partial charge in [0.2, 0.25) is 0 Å². The Morgan fingerprint density at radius 1 is 1.05 bits per heavy atom. The van der Waals surface area contributed by atoms with Gasteiger partial charge in [0.1, 0.15) is 11.5 Å². The van der Waals surface area contributed by atoms with Gasteiger partial charge in [-0.05, 0) is 54.4 Å². The second kappa shape index (κ2) is 10.3. The Hall–Kier alpha value is -3.76. The number of hydrogen-bond acceptors (Lipinski definition) is 4. The number of anilines is 1. The highest BCUT2D eigenvalue weighted by Gasteiger charge is 2.35. The Labute approximate surface area is 210 Å². The number of carbonyl (C=O) groups is 1. The van der Waals surface area contributed by atoms with Gasteiger partial charge in [0, 0.05) is 43.3 Å². The number of rotatable bonds is 6. The highest BCUT2D eigenvalue weighted by Crippen LogP contribution is 2.37. The van der Waals surface area contributed by atoms with E-state index in [1.54, 1.807) is 24.4 Å². The van der Waals surface area contributed by atoms with Gasteiger partial charge < -0.3 is 14.5 Å². The van der Waals surface area contributed by atoms with Crippen LogP contribution in [0.3, 0.4) is 0 Å². The molecule has 5 rings (SSSR count). The molecule has 0 radical (unpaired) electrons. The third-order valence-corrected chi connectivity index (χ3v) is 6.30. The number of nitrogens with zero attached hydrogens (tertiary/aromatic N) is 3. The molecule has 6 nitrogen and oxygen atoms in total.